The number of ether oxygens (including phenoxy) is 2. The van der Waals surface area contributed by atoms with Crippen LogP contribution in [0.25, 0.3) is 5.70 Å². The number of carbonyl (C=O) groups excluding carboxylic acids is 1. The molecule has 3 rings (SSSR count). The first-order valence-corrected chi connectivity index (χ1v) is 9.38. The van der Waals surface area contributed by atoms with Gasteiger partial charge in [0.15, 0.2) is 11.5 Å². The number of likely N-dealkylation sites (N-methyl/N-ethyl adjacent to an activating group) is 1. The van der Waals surface area contributed by atoms with Crippen LogP contribution in [0.5, 0.6) is 11.5 Å². The van der Waals surface area contributed by atoms with Gasteiger partial charge in [-0.05, 0) is 43.5 Å². The van der Waals surface area contributed by atoms with Crippen LogP contribution in [0.15, 0.2) is 48.5 Å². The lowest BCUT2D eigenvalue weighted by Gasteiger charge is -2.44. The summed E-state index contributed by atoms with van der Waals surface area (Å²) >= 11 is 0. The zero-order valence-corrected chi connectivity index (χ0v) is 17.2. The highest BCUT2D eigenvalue weighted by Crippen LogP contribution is 2.36. The molecule has 2 aromatic rings. The number of hydrogen-bond donors (Lipinski definition) is 1. The average Bonchev–Trinajstić information content (AvgIpc) is 2.69. The second-order valence-electron chi connectivity index (χ2n) is 7.64. The standard InChI is InChI=1S/C23H28N2O3/c1-23(2)14-17-8-6-7-9-18(17)19(25(23)3)13-22(26)24-15-16-10-11-20(27-4)21(12-16)28-5/h6-13H,14-15H2,1-5H3,(H,24,26)/b19-13-. The highest BCUT2D eigenvalue weighted by molar-refractivity contribution is 5.95. The number of fused-ring (bicyclic) bond motifs is 1. The minimum atomic E-state index is -0.121. The predicted molar refractivity (Wildman–Crippen MR) is 111 cm³/mol. The van der Waals surface area contributed by atoms with Gasteiger partial charge in [0.2, 0.25) is 5.91 Å². The average molecular weight is 380 g/mol. The van der Waals surface area contributed by atoms with E-state index in [4.69, 9.17) is 9.47 Å². The second-order valence-corrected chi connectivity index (χ2v) is 7.64. The molecule has 0 saturated carbocycles. The Kier molecular flexibility index (Phi) is 5.63. The maximum Gasteiger partial charge on any atom is 0.246 e. The van der Waals surface area contributed by atoms with Gasteiger partial charge < -0.3 is 19.7 Å². The molecule has 0 fully saturated rings. The highest BCUT2D eigenvalue weighted by atomic mass is 16.5. The van der Waals surface area contributed by atoms with Crippen molar-refractivity contribution in [2.45, 2.75) is 32.4 Å². The summed E-state index contributed by atoms with van der Waals surface area (Å²) in [6, 6.07) is 13.9. The van der Waals surface area contributed by atoms with Gasteiger partial charge in [-0.15, -0.1) is 0 Å². The molecule has 0 saturated heterocycles. The van der Waals surface area contributed by atoms with Crippen LogP contribution in [0.3, 0.4) is 0 Å². The van der Waals surface area contributed by atoms with Crippen LogP contribution in [0.4, 0.5) is 0 Å². The third kappa shape index (κ3) is 3.98. The molecule has 0 bridgehead atoms. The van der Waals surface area contributed by atoms with Crippen molar-refractivity contribution < 1.29 is 14.3 Å². The first-order chi connectivity index (χ1) is 13.4. The summed E-state index contributed by atoms with van der Waals surface area (Å²) in [5, 5.41) is 2.98. The number of amides is 1. The van der Waals surface area contributed by atoms with Crippen LogP contribution in [0.2, 0.25) is 0 Å². The van der Waals surface area contributed by atoms with Crippen molar-refractivity contribution in [3.8, 4) is 11.5 Å². The third-order valence-corrected chi connectivity index (χ3v) is 5.37. The van der Waals surface area contributed by atoms with Crippen LogP contribution in [0.1, 0.15) is 30.5 Å². The van der Waals surface area contributed by atoms with Crippen LogP contribution < -0.4 is 14.8 Å². The summed E-state index contributed by atoms with van der Waals surface area (Å²) in [6.07, 6.45) is 2.64. The number of carbonyl (C=O) groups is 1. The minimum absolute atomic E-state index is 0.0518. The zero-order valence-electron chi connectivity index (χ0n) is 17.2. The fourth-order valence-corrected chi connectivity index (χ4v) is 3.55. The molecule has 1 heterocycles. The first kappa shape index (κ1) is 19.8. The Morgan fingerprint density at radius 1 is 1.14 bits per heavy atom. The number of benzene rings is 2. The van der Waals surface area contributed by atoms with Crippen LogP contribution >= 0.6 is 0 Å². The summed E-state index contributed by atoms with van der Waals surface area (Å²) in [5.41, 5.74) is 4.22. The lowest BCUT2D eigenvalue weighted by molar-refractivity contribution is -0.116. The van der Waals surface area contributed by atoms with Gasteiger partial charge in [0, 0.05) is 36.5 Å². The topological polar surface area (TPSA) is 50.8 Å². The van der Waals surface area contributed by atoms with Gasteiger partial charge in [0.25, 0.3) is 0 Å². The smallest absolute Gasteiger partial charge is 0.246 e. The van der Waals surface area contributed by atoms with Gasteiger partial charge in [-0.3, -0.25) is 4.79 Å². The fraction of sp³-hybridized carbons (Fsp3) is 0.348. The van der Waals surface area contributed by atoms with Gasteiger partial charge in [-0.1, -0.05) is 30.3 Å². The summed E-state index contributed by atoms with van der Waals surface area (Å²) < 4.78 is 10.6. The quantitative estimate of drug-likeness (QED) is 0.805. The molecule has 0 unspecified atom stereocenters. The summed E-state index contributed by atoms with van der Waals surface area (Å²) in [7, 11) is 5.25. The summed E-state index contributed by atoms with van der Waals surface area (Å²) in [5.74, 6) is 1.20. The van der Waals surface area contributed by atoms with Gasteiger partial charge >= 0.3 is 0 Å². The van der Waals surface area contributed by atoms with Crippen molar-refractivity contribution in [2.24, 2.45) is 0 Å². The molecule has 5 nitrogen and oxygen atoms in total. The SMILES string of the molecule is COc1ccc(CNC(=O)/C=C2/c3ccccc3CC(C)(C)N2C)cc1OC. The van der Waals surface area contributed by atoms with E-state index >= 15 is 0 Å². The molecular formula is C23H28N2O3. The van der Waals surface area contributed by atoms with E-state index < -0.39 is 0 Å². The Hall–Kier alpha value is -2.95. The maximum atomic E-state index is 12.7. The van der Waals surface area contributed by atoms with E-state index in [0.717, 1.165) is 23.2 Å². The van der Waals surface area contributed by atoms with Crippen LogP contribution in [-0.2, 0) is 17.8 Å². The van der Waals surface area contributed by atoms with Crippen molar-refractivity contribution in [3.05, 3.63) is 65.2 Å². The normalized spacial score (nSPS) is 16.5. The molecule has 0 spiro atoms. The van der Waals surface area contributed by atoms with E-state index in [1.54, 1.807) is 20.3 Å². The van der Waals surface area contributed by atoms with Gasteiger partial charge in [-0.25, -0.2) is 0 Å². The molecule has 1 aliphatic heterocycles. The summed E-state index contributed by atoms with van der Waals surface area (Å²) in [6.45, 7) is 4.80. The third-order valence-electron chi connectivity index (χ3n) is 5.37. The van der Waals surface area contributed by atoms with E-state index in [9.17, 15) is 4.79 Å². The molecule has 5 heteroatoms. The Morgan fingerprint density at radius 2 is 1.86 bits per heavy atom. The van der Waals surface area contributed by atoms with Crippen molar-refractivity contribution in [2.75, 3.05) is 21.3 Å². The molecule has 28 heavy (non-hydrogen) atoms. The number of hydrogen-bond acceptors (Lipinski definition) is 4. The van der Waals surface area contributed by atoms with Crippen molar-refractivity contribution in [1.29, 1.82) is 0 Å². The molecule has 1 amide bonds. The first-order valence-electron chi connectivity index (χ1n) is 9.38. The molecule has 1 aliphatic rings. The van der Waals surface area contributed by atoms with E-state index in [0.29, 0.717) is 18.0 Å². The van der Waals surface area contributed by atoms with E-state index in [1.165, 1.54) is 5.56 Å². The number of nitrogens with zero attached hydrogens (tertiary/aromatic N) is 1. The monoisotopic (exact) mass is 380 g/mol. The largest absolute Gasteiger partial charge is 0.493 e. The Labute approximate surface area is 167 Å². The lowest BCUT2D eigenvalue weighted by Crippen LogP contribution is -2.45. The molecule has 0 atom stereocenters. The molecule has 2 aromatic carbocycles. The number of methoxy groups -OCH3 is 2. The summed E-state index contributed by atoms with van der Waals surface area (Å²) in [4.78, 5) is 14.8. The number of rotatable bonds is 5. The zero-order chi connectivity index (χ0) is 20.3. The van der Waals surface area contributed by atoms with Crippen molar-refractivity contribution in [1.82, 2.24) is 10.2 Å². The molecule has 0 aromatic heterocycles. The van der Waals surface area contributed by atoms with Gasteiger partial charge in [-0.2, -0.15) is 0 Å². The maximum absolute atomic E-state index is 12.7. The second kappa shape index (κ2) is 7.97. The van der Waals surface area contributed by atoms with E-state index in [-0.39, 0.29) is 11.4 Å². The van der Waals surface area contributed by atoms with E-state index in [2.05, 4.69) is 42.3 Å². The highest BCUT2D eigenvalue weighted by Gasteiger charge is 2.33. The molecule has 0 aliphatic carbocycles. The Morgan fingerprint density at radius 3 is 2.57 bits per heavy atom. The Bertz CT molecular complexity index is 902. The lowest BCUT2D eigenvalue weighted by atomic mass is 9.84. The van der Waals surface area contributed by atoms with Crippen LogP contribution in [0, 0.1) is 0 Å². The molecule has 1 N–H and O–H groups in total. The van der Waals surface area contributed by atoms with Crippen molar-refractivity contribution >= 4 is 11.6 Å². The predicted octanol–water partition coefficient (Wildman–Crippen LogP) is 3.63. The fourth-order valence-electron chi connectivity index (χ4n) is 3.55. The van der Waals surface area contributed by atoms with E-state index in [1.807, 2.05) is 31.3 Å². The molecular weight excluding hydrogens is 352 g/mol. The van der Waals surface area contributed by atoms with Crippen LogP contribution in [-0.4, -0.2) is 37.6 Å². The molecule has 0 radical (unpaired) electrons. The number of nitrogens with one attached hydrogen (secondary N) is 1. The van der Waals surface area contributed by atoms with Gasteiger partial charge in [0.05, 0.1) is 14.2 Å². The Balaban J connectivity index is 1.79. The van der Waals surface area contributed by atoms with Crippen molar-refractivity contribution in [3.63, 3.8) is 0 Å². The van der Waals surface area contributed by atoms with Gasteiger partial charge in [0.1, 0.15) is 0 Å². The minimum Gasteiger partial charge on any atom is -0.493 e. The molecule has 148 valence electrons.